The second-order valence-corrected chi connectivity index (χ2v) is 5.49. The second kappa shape index (κ2) is 5.80. The minimum atomic E-state index is -0.368. The number of rotatable bonds is 3. The van der Waals surface area contributed by atoms with Gasteiger partial charge in [0.05, 0.1) is 10.7 Å². The van der Waals surface area contributed by atoms with Crippen molar-refractivity contribution in [3.8, 4) is 5.75 Å². The molecule has 100 valence electrons. The van der Waals surface area contributed by atoms with Gasteiger partial charge in [-0.2, -0.15) is 0 Å². The van der Waals surface area contributed by atoms with Crippen molar-refractivity contribution in [3.63, 3.8) is 0 Å². The van der Waals surface area contributed by atoms with Gasteiger partial charge in [-0.3, -0.25) is 0 Å². The highest BCUT2D eigenvalue weighted by molar-refractivity contribution is 9.10. The van der Waals surface area contributed by atoms with Gasteiger partial charge in [0, 0.05) is 10.0 Å². The molecule has 2 aromatic carbocycles. The normalized spacial score (nSPS) is 10.5. The molecule has 2 nitrogen and oxygen atoms in total. The molecule has 0 fully saturated rings. The van der Waals surface area contributed by atoms with Gasteiger partial charge in [0.2, 0.25) is 0 Å². The highest BCUT2D eigenvalue weighted by Crippen LogP contribution is 2.31. The first-order chi connectivity index (χ1) is 8.97. The highest BCUT2D eigenvalue weighted by atomic mass is 79.9. The summed E-state index contributed by atoms with van der Waals surface area (Å²) >= 11 is 9.31. The minimum absolute atomic E-state index is 0.242. The van der Waals surface area contributed by atoms with E-state index in [1.807, 2.05) is 13.0 Å². The molecule has 0 heterocycles. The fourth-order valence-electron chi connectivity index (χ4n) is 1.74. The average molecular weight is 345 g/mol. The lowest BCUT2D eigenvalue weighted by atomic mass is 10.2. The molecular formula is C14H12BrClFNO. The summed E-state index contributed by atoms with van der Waals surface area (Å²) in [5, 5.41) is 0.341. The number of aryl methyl sites for hydroxylation is 1. The number of benzene rings is 2. The van der Waals surface area contributed by atoms with Crippen molar-refractivity contribution in [3.05, 3.63) is 56.8 Å². The van der Waals surface area contributed by atoms with Crippen molar-refractivity contribution < 1.29 is 9.13 Å². The number of anilines is 1. The van der Waals surface area contributed by atoms with Crippen molar-refractivity contribution in [2.45, 2.75) is 13.5 Å². The Morgan fingerprint density at radius 2 is 2.05 bits per heavy atom. The summed E-state index contributed by atoms with van der Waals surface area (Å²) in [5.74, 6) is 0.247. The summed E-state index contributed by atoms with van der Waals surface area (Å²) in [6.07, 6.45) is 0. The molecular weight excluding hydrogens is 333 g/mol. The quantitative estimate of drug-likeness (QED) is 0.818. The number of ether oxygens (including phenoxy) is 1. The lowest BCUT2D eigenvalue weighted by molar-refractivity contribution is 0.306. The molecule has 0 unspecified atom stereocenters. The molecule has 2 rings (SSSR count). The predicted molar refractivity (Wildman–Crippen MR) is 79.0 cm³/mol. The van der Waals surface area contributed by atoms with Crippen LogP contribution >= 0.6 is 27.5 Å². The van der Waals surface area contributed by atoms with Gasteiger partial charge in [-0.05, 0) is 36.8 Å². The van der Waals surface area contributed by atoms with E-state index in [1.54, 1.807) is 12.1 Å². The van der Waals surface area contributed by atoms with Crippen LogP contribution in [0.1, 0.15) is 11.1 Å². The Kier molecular flexibility index (Phi) is 4.32. The minimum Gasteiger partial charge on any atom is -0.486 e. The van der Waals surface area contributed by atoms with E-state index in [0.29, 0.717) is 22.0 Å². The van der Waals surface area contributed by atoms with Gasteiger partial charge in [0.15, 0.2) is 0 Å². The lowest BCUT2D eigenvalue weighted by Crippen LogP contribution is -2.01. The second-order valence-electron chi connectivity index (χ2n) is 4.17. The zero-order valence-corrected chi connectivity index (χ0v) is 12.6. The van der Waals surface area contributed by atoms with Crippen molar-refractivity contribution in [2.75, 3.05) is 5.73 Å². The first kappa shape index (κ1) is 14.2. The SMILES string of the molecule is Cc1cc(Br)cc(N)c1OCc1ccc(F)cc1Cl. The van der Waals surface area contributed by atoms with Crippen LogP contribution in [0.5, 0.6) is 5.75 Å². The van der Waals surface area contributed by atoms with Gasteiger partial charge in [-0.25, -0.2) is 4.39 Å². The summed E-state index contributed by atoms with van der Waals surface area (Å²) in [4.78, 5) is 0. The fraction of sp³-hybridized carbons (Fsp3) is 0.143. The Hall–Kier alpha value is -1.26. The molecule has 0 radical (unpaired) electrons. The Labute approximate surface area is 124 Å². The molecule has 0 spiro atoms. The molecule has 0 saturated heterocycles. The van der Waals surface area contributed by atoms with E-state index in [-0.39, 0.29) is 12.4 Å². The largest absolute Gasteiger partial charge is 0.486 e. The maximum absolute atomic E-state index is 12.9. The van der Waals surface area contributed by atoms with E-state index < -0.39 is 0 Å². The molecule has 19 heavy (non-hydrogen) atoms. The number of hydrogen-bond donors (Lipinski definition) is 1. The third kappa shape index (κ3) is 3.39. The molecule has 0 amide bonds. The fourth-order valence-corrected chi connectivity index (χ4v) is 2.55. The van der Waals surface area contributed by atoms with Crippen molar-refractivity contribution in [2.24, 2.45) is 0 Å². The van der Waals surface area contributed by atoms with Crippen LogP contribution in [0.2, 0.25) is 5.02 Å². The summed E-state index contributed by atoms with van der Waals surface area (Å²) in [7, 11) is 0. The maximum atomic E-state index is 12.9. The summed E-state index contributed by atoms with van der Waals surface area (Å²) in [5.41, 5.74) is 8.08. The highest BCUT2D eigenvalue weighted by Gasteiger charge is 2.08. The number of hydrogen-bond acceptors (Lipinski definition) is 2. The number of halogens is 3. The smallest absolute Gasteiger partial charge is 0.145 e. The number of nitrogen functional groups attached to an aromatic ring is 1. The van der Waals surface area contributed by atoms with Crippen LogP contribution in [-0.4, -0.2) is 0 Å². The van der Waals surface area contributed by atoms with E-state index in [2.05, 4.69) is 15.9 Å². The van der Waals surface area contributed by atoms with E-state index in [4.69, 9.17) is 22.1 Å². The average Bonchev–Trinajstić information content (AvgIpc) is 2.30. The topological polar surface area (TPSA) is 35.2 Å². The van der Waals surface area contributed by atoms with Crippen molar-refractivity contribution in [1.82, 2.24) is 0 Å². The molecule has 0 atom stereocenters. The van der Waals surface area contributed by atoms with Crippen LogP contribution in [-0.2, 0) is 6.61 Å². The zero-order valence-electron chi connectivity index (χ0n) is 10.2. The molecule has 2 aromatic rings. The predicted octanol–water partition coefficient (Wildman–Crippen LogP) is 4.71. The first-order valence-corrected chi connectivity index (χ1v) is 6.77. The van der Waals surface area contributed by atoms with Gasteiger partial charge >= 0.3 is 0 Å². The molecule has 0 saturated carbocycles. The molecule has 0 aromatic heterocycles. The molecule has 0 bridgehead atoms. The Morgan fingerprint density at radius 3 is 2.68 bits per heavy atom. The molecule has 0 aliphatic rings. The van der Waals surface area contributed by atoms with E-state index in [1.165, 1.54) is 12.1 Å². The molecule has 0 aliphatic carbocycles. The van der Waals surface area contributed by atoms with Crippen LogP contribution in [0.15, 0.2) is 34.8 Å². The maximum Gasteiger partial charge on any atom is 0.145 e. The van der Waals surface area contributed by atoms with Gasteiger partial charge in [0.25, 0.3) is 0 Å². The van der Waals surface area contributed by atoms with E-state index >= 15 is 0 Å². The summed E-state index contributed by atoms with van der Waals surface area (Å²) in [6.45, 7) is 2.15. The lowest BCUT2D eigenvalue weighted by Gasteiger charge is -2.13. The van der Waals surface area contributed by atoms with Gasteiger partial charge in [-0.1, -0.05) is 33.6 Å². The van der Waals surface area contributed by atoms with Crippen LogP contribution < -0.4 is 10.5 Å². The van der Waals surface area contributed by atoms with Crippen molar-refractivity contribution in [1.29, 1.82) is 0 Å². The van der Waals surface area contributed by atoms with Crippen LogP contribution in [0.4, 0.5) is 10.1 Å². The van der Waals surface area contributed by atoms with Gasteiger partial charge in [-0.15, -0.1) is 0 Å². The Morgan fingerprint density at radius 1 is 1.32 bits per heavy atom. The van der Waals surface area contributed by atoms with Crippen LogP contribution in [0.25, 0.3) is 0 Å². The molecule has 2 N–H and O–H groups in total. The van der Waals surface area contributed by atoms with Gasteiger partial charge in [0.1, 0.15) is 18.2 Å². The third-order valence-corrected chi connectivity index (χ3v) is 3.46. The summed E-state index contributed by atoms with van der Waals surface area (Å²) < 4.78 is 19.5. The van der Waals surface area contributed by atoms with Crippen LogP contribution in [0, 0.1) is 12.7 Å². The van der Waals surface area contributed by atoms with Crippen LogP contribution in [0.3, 0.4) is 0 Å². The van der Waals surface area contributed by atoms with E-state index in [9.17, 15) is 4.39 Å². The zero-order chi connectivity index (χ0) is 14.0. The standard InChI is InChI=1S/C14H12BrClFNO/c1-8-4-10(15)5-13(18)14(8)19-7-9-2-3-11(17)6-12(9)16/h2-6H,7,18H2,1H3. The van der Waals surface area contributed by atoms with E-state index in [0.717, 1.165) is 10.0 Å². The van der Waals surface area contributed by atoms with Crippen molar-refractivity contribution >= 4 is 33.2 Å². The molecule has 0 aliphatic heterocycles. The first-order valence-electron chi connectivity index (χ1n) is 5.59. The summed E-state index contributed by atoms with van der Waals surface area (Å²) in [6, 6.07) is 7.90. The molecule has 5 heteroatoms. The third-order valence-electron chi connectivity index (χ3n) is 2.66. The number of nitrogens with two attached hydrogens (primary N) is 1. The van der Waals surface area contributed by atoms with Gasteiger partial charge < -0.3 is 10.5 Å². The Balaban J connectivity index is 2.19. The monoisotopic (exact) mass is 343 g/mol. The Bertz CT molecular complexity index is 595.